The van der Waals surface area contributed by atoms with Gasteiger partial charge < -0.3 is 9.47 Å². The van der Waals surface area contributed by atoms with Crippen LogP contribution in [0.5, 0.6) is 11.5 Å². The molecule has 0 aliphatic carbocycles. The predicted octanol–water partition coefficient (Wildman–Crippen LogP) is 1.90. The maximum Gasteiger partial charge on any atom is 0.287 e. The Labute approximate surface area is 88.6 Å². The molecular weight excluding hydrogens is 220 g/mol. The number of hydrogen-bond donors (Lipinski definition) is 0. The molecule has 0 saturated carbocycles. The minimum Gasteiger partial charge on any atom is -0.454 e. The lowest BCUT2D eigenvalue weighted by Crippen LogP contribution is -1.93. The number of hydrogen-bond acceptors (Lipinski definition) is 6. The van der Waals surface area contributed by atoms with Crippen molar-refractivity contribution in [3.05, 3.63) is 22.2 Å². The van der Waals surface area contributed by atoms with E-state index in [2.05, 4.69) is 0 Å². The zero-order valence-electron chi connectivity index (χ0n) is 7.30. The number of thiocyanates is 1. The molecule has 0 saturated heterocycles. The van der Waals surface area contributed by atoms with Gasteiger partial charge in [-0.05, 0) is 11.8 Å². The molecule has 0 bridgehead atoms. The van der Waals surface area contributed by atoms with Crippen molar-refractivity contribution in [1.29, 1.82) is 5.26 Å². The summed E-state index contributed by atoms with van der Waals surface area (Å²) in [7, 11) is 0. The van der Waals surface area contributed by atoms with Gasteiger partial charge in [0.25, 0.3) is 5.69 Å². The molecule has 1 aromatic rings. The van der Waals surface area contributed by atoms with Crippen LogP contribution in [0.2, 0.25) is 0 Å². The molecule has 1 aliphatic rings. The number of ether oxygens (including phenoxy) is 2. The standard InChI is InChI=1S/C8H4N2O4S/c9-3-15-8-2-7-6(13-4-14-7)1-5(8)10(11)12/h1-2H,4H2. The molecule has 1 aliphatic heterocycles. The Kier molecular flexibility index (Phi) is 2.35. The highest BCUT2D eigenvalue weighted by atomic mass is 32.2. The van der Waals surface area contributed by atoms with Gasteiger partial charge in [-0.15, -0.1) is 0 Å². The normalized spacial score (nSPS) is 12.2. The van der Waals surface area contributed by atoms with Crippen LogP contribution in [0, 0.1) is 20.8 Å². The van der Waals surface area contributed by atoms with Gasteiger partial charge in [-0.3, -0.25) is 10.1 Å². The SMILES string of the molecule is N#CSc1cc2c(cc1[N+](=O)[O-])OCO2. The van der Waals surface area contributed by atoms with Gasteiger partial charge in [0.2, 0.25) is 6.79 Å². The number of benzene rings is 1. The Morgan fingerprint density at radius 3 is 2.73 bits per heavy atom. The van der Waals surface area contributed by atoms with E-state index < -0.39 is 4.92 Å². The monoisotopic (exact) mass is 224 g/mol. The Morgan fingerprint density at radius 2 is 2.13 bits per heavy atom. The Hall–Kier alpha value is -1.94. The first kappa shape index (κ1) is 9.61. The topological polar surface area (TPSA) is 85.4 Å². The van der Waals surface area contributed by atoms with Gasteiger partial charge >= 0.3 is 0 Å². The van der Waals surface area contributed by atoms with Crippen LogP contribution in [-0.2, 0) is 0 Å². The lowest BCUT2D eigenvalue weighted by Gasteiger charge is -1.99. The molecule has 7 heteroatoms. The fourth-order valence-corrected chi connectivity index (χ4v) is 1.69. The molecule has 0 fully saturated rings. The summed E-state index contributed by atoms with van der Waals surface area (Å²) in [5, 5.41) is 21.0. The van der Waals surface area contributed by atoms with Gasteiger partial charge in [0.15, 0.2) is 11.5 Å². The summed E-state index contributed by atoms with van der Waals surface area (Å²) in [6, 6.07) is 2.70. The first-order valence-corrected chi connectivity index (χ1v) is 4.68. The number of rotatable bonds is 2. The van der Waals surface area contributed by atoms with Gasteiger partial charge in [-0.1, -0.05) is 0 Å². The van der Waals surface area contributed by atoms with Crippen molar-refractivity contribution in [2.24, 2.45) is 0 Å². The summed E-state index contributed by atoms with van der Waals surface area (Å²) >= 11 is 0.725. The fourth-order valence-electron chi connectivity index (χ4n) is 1.19. The number of nitriles is 1. The third-order valence-electron chi connectivity index (χ3n) is 1.81. The van der Waals surface area contributed by atoms with E-state index in [-0.39, 0.29) is 17.4 Å². The minimum absolute atomic E-state index is 0.0488. The second kappa shape index (κ2) is 3.67. The summed E-state index contributed by atoms with van der Waals surface area (Å²) in [5.74, 6) is 0.766. The number of nitrogens with zero attached hydrogens (tertiary/aromatic N) is 2. The zero-order valence-corrected chi connectivity index (χ0v) is 8.11. The van der Waals surface area contributed by atoms with Crippen molar-refractivity contribution in [2.75, 3.05) is 6.79 Å². The average Bonchev–Trinajstić information content (AvgIpc) is 2.63. The fraction of sp³-hybridized carbons (Fsp3) is 0.125. The molecule has 1 aromatic carbocycles. The minimum atomic E-state index is -0.554. The highest BCUT2D eigenvalue weighted by molar-refractivity contribution is 8.03. The zero-order chi connectivity index (χ0) is 10.8. The second-order valence-electron chi connectivity index (χ2n) is 2.62. The lowest BCUT2D eigenvalue weighted by molar-refractivity contribution is -0.387. The van der Waals surface area contributed by atoms with E-state index in [9.17, 15) is 10.1 Å². The largest absolute Gasteiger partial charge is 0.454 e. The van der Waals surface area contributed by atoms with E-state index in [1.807, 2.05) is 0 Å². The Bertz CT molecular complexity index is 468. The van der Waals surface area contributed by atoms with Crippen LogP contribution in [-0.4, -0.2) is 11.7 Å². The molecule has 0 unspecified atom stereocenters. The molecule has 76 valence electrons. The predicted molar refractivity (Wildman–Crippen MR) is 50.7 cm³/mol. The molecular formula is C8H4N2O4S. The maximum atomic E-state index is 10.7. The molecule has 0 amide bonds. The van der Waals surface area contributed by atoms with E-state index >= 15 is 0 Å². The Morgan fingerprint density at radius 1 is 1.47 bits per heavy atom. The van der Waals surface area contributed by atoms with Gasteiger partial charge in [-0.2, -0.15) is 5.26 Å². The molecule has 0 aromatic heterocycles. The molecule has 15 heavy (non-hydrogen) atoms. The average molecular weight is 224 g/mol. The van der Waals surface area contributed by atoms with Crippen LogP contribution in [0.15, 0.2) is 17.0 Å². The van der Waals surface area contributed by atoms with E-state index in [0.29, 0.717) is 11.5 Å². The molecule has 6 nitrogen and oxygen atoms in total. The molecule has 1 heterocycles. The van der Waals surface area contributed by atoms with E-state index in [0.717, 1.165) is 11.8 Å². The first-order chi connectivity index (χ1) is 7.22. The molecule has 0 spiro atoms. The van der Waals surface area contributed by atoms with Crippen molar-refractivity contribution in [1.82, 2.24) is 0 Å². The van der Waals surface area contributed by atoms with Gasteiger partial charge in [0.05, 0.1) is 11.0 Å². The van der Waals surface area contributed by atoms with Crippen LogP contribution in [0.25, 0.3) is 0 Å². The highest BCUT2D eigenvalue weighted by Gasteiger charge is 2.23. The Balaban J connectivity index is 2.53. The smallest absolute Gasteiger partial charge is 0.287 e. The second-order valence-corrected chi connectivity index (χ2v) is 3.45. The molecule has 0 N–H and O–H groups in total. The molecule has 0 atom stereocenters. The summed E-state index contributed by atoms with van der Waals surface area (Å²) in [6.45, 7) is 0.0488. The summed E-state index contributed by atoms with van der Waals surface area (Å²) in [4.78, 5) is 10.4. The van der Waals surface area contributed by atoms with Crippen molar-refractivity contribution >= 4 is 17.4 Å². The van der Waals surface area contributed by atoms with Gasteiger partial charge in [0.1, 0.15) is 10.3 Å². The highest BCUT2D eigenvalue weighted by Crippen LogP contribution is 2.41. The third-order valence-corrected chi connectivity index (χ3v) is 2.44. The number of nitro benzene ring substituents is 1. The summed E-state index contributed by atoms with van der Waals surface area (Å²) < 4.78 is 10.1. The van der Waals surface area contributed by atoms with Crippen LogP contribution < -0.4 is 9.47 Å². The third kappa shape index (κ3) is 1.67. The maximum absolute atomic E-state index is 10.7. The van der Waals surface area contributed by atoms with E-state index in [1.165, 1.54) is 12.1 Å². The quantitative estimate of drug-likeness (QED) is 0.330. The van der Waals surface area contributed by atoms with Crippen LogP contribution in [0.4, 0.5) is 5.69 Å². The van der Waals surface area contributed by atoms with Crippen LogP contribution >= 0.6 is 11.8 Å². The number of nitro groups is 1. The van der Waals surface area contributed by atoms with Crippen molar-refractivity contribution in [3.63, 3.8) is 0 Å². The van der Waals surface area contributed by atoms with E-state index in [1.54, 1.807) is 5.40 Å². The van der Waals surface area contributed by atoms with Gasteiger partial charge in [-0.25, -0.2) is 0 Å². The summed E-state index contributed by atoms with van der Waals surface area (Å²) in [5.41, 5.74) is -0.147. The van der Waals surface area contributed by atoms with Gasteiger partial charge in [0, 0.05) is 6.07 Å². The van der Waals surface area contributed by atoms with Crippen LogP contribution in [0.1, 0.15) is 0 Å². The van der Waals surface area contributed by atoms with Crippen LogP contribution in [0.3, 0.4) is 0 Å². The number of thioether (sulfide) groups is 1. The van der Waals surface area contributed by atoms with Crippen molar-refractivity contribution in [3.8, 4) is 16.9 Å². The summed E-state index contributed by atoms with van der Waals surface area (Å²) in [6.07, 6.45) is 0. The first-order valence-electron chi connectivity index (χ1n) is 3.86. The van der Waals surface area contributed by atoms with E-state index in [4.69, 9.17) is 14.7 Å². The molecule has 2 rings (SSSR count). The van der Waals surface area contributed by atoms with Crippen molar-refractivity contribution in [2.45, 2.75) is 4.90 Å². The lowest BCUT2D eigenvalue weighted by atomic mass is 10.3. The molecule has 0 radical (unpaired) electrons. The van der Waals surface area contributed by atoms with Crippen molar-refractivity contribution < 1.29 is 14.4 Å². The number of fused-ring (bicyclic) bond motifs is 1.